The van der Waals surface area contributed by atoms with Gasteiger partial charge >= 0.3 is 0 Å². The average molecular weight is 291 g/mol. The number of carbonyl (C=O) groups excluding carboxylic acids is 1. The minimum Gasteiger partial charge on any atom is -0.379 e. The summed E-state index contributed by atoms with van der Waals surface area (Å²) in [4.78, 5) is 15.9. The first-order valence-corrected chi connectivity index (χ1v) is 7.86. The van der Waals surface area contributed by atoms with Crippen LogP contribution in [-0.4, -0.2) is 16.8 Å². The maximum atomic E-state index is 11.3. The molecule has 0 saturated carbocycles. The molecule has 0 aliphatic carbocycles. The first-order valence-electron chi connectivity index (χ1n) is 6.88. The summed E-state index contributed by atoms with van der Waals surface area (Å²) >= 11 is 1.61. The highest BCUT2D eigenvalue weighted by atomic mass is 32.2. The largest absolute Gasteiger partial charge is 0.379 e. The number of amides is 1. The lowest BCUT2D eigenvalue weighted by Gasteiger charge is -2.30. The van der Waals surface area contributed by atoms with Gasteiger partial charge in [0.25, 0.3) is 0 Å². The second-order valence-electron chi connectivity index (χ2n) is 5.15. The predicted octanol–water partition coefficient (Wildman–Crippen LogP) is 2.38. The predicted molar refractivity (Wildman–Crippen MR) is 84.6 cm³/mol. The Morgan fingerprint density at radius 1 is 1.55 bits per heavy atom. The van der Waals surface area contributed by atoms with Crippen LogP contribution >= 0.6 is 11.8 Å². The Labute approximate surface area is 124 Å². The molecule has 1 aliphatic heterocycles. The number of hydrogen-bond acceptors (Lipinski definition) is 4. The van der Waals surface area contributed by atoms with Crippen molar-refractivity contribution in [1.29, 1.82) is 0 Å². The molecule has 1 amide bonds. The van der Waals surface area contributed by atoms with Gasteiger partial charge in [-0.25, -0.2) is 0 Å². The third-order valence-corrected chi connectivity index (χ3v) is 4.35. The van der Waals surface area contributed by atoms with Crippen LogP contribution in [0.3, 0.4) is 0 Å². The summed E-state index contributed by atoms with van der Waals surface area (Å²) in [5, 5.41) is 3.55. The summed E-state index contributed by atoms with van der Waals surface area (Å²) in [5.74, 6) is 1.06. The molecule has 0 saturated heterocycles. The summed E-state index contributed by atoms with van der Waals surface area (Å²) < 4.78 is 0. The standard InChI is InChI=1S/C15H21N3OS/c1-3-13(19)17-10-11-5-4-6-12(9-11)15(2)7-8-20-14(16)18-15/h4-6,9H,3,7-8,10H2,1-2H3,(H2,16,18)(H,17,19). The molecule has 108 valence electrons. The molecule has 0 spiro atoms. The number of benzene rings is 1. The number of nitrogens with one attached hydrogen (secondary N) is 1. The zero-order valence-electron chi connectivity index (χ0n) is 12.0. The van der Waals surface area contributed by atoms with Gasteiger partial charge in [-0.1, -0.05) is 43.0 Å². The second kappa shape index (κ2) is 6.31. The van der Waals surface area contributed by atoms with Crippen molar-refractivity contribution in [3.8, 4) is 0 Å². The molecule has 1 unspecified atom stereocenters. The summed E-state index contributed by atoms with van der Waals surface area (Å²) in [6, 6.07) is 8.23. The summed E-state index contributed by atoms with van der Waals surface area (Å²) in [6.45, 7) is 4.53. The number of aliphatic imine (C=N–C) groups is 1. The van der Waals surface area contributed by atoms with Crippen molar-refractivity contribution in [3.05, 3.63) is 35.4 Å². The van der Waals surface area contributed by atoms with Crippen LogP contribution in [0.2, 0.25) is 0 Å². The van der Waals surface area contributed by atoms with Crippen molar-refractivity contribution in [2.24, 2.45) is 10.7 Å². The van der Waals surface area contributed by atoms with Crippen LogP contribution in [-0.2, 0) is 16.9 Å². The first-order chi connectivity index (χ1) is 9.53. The quantitative estimate of drug-likeness (QED) is 0.895. The molecule has 1 aliphatic rings. The van der Waals surface area contributed by atoms with Crippen molar-refractivity contribution in [2.45, 2.75) is 38.8 Å². The van der Waals surface area contributed by atoms with E-state index >= 15 is 0 Å². The van der Waals surface area contributed by atoms with Crippen molar-refractivity contribution in [2.75, 3.05) is 5.75 Å². The van der Waals surface area contributed by atoms with Crippen molar-refractivity contribution < 1.29 is 4.79 Å². The molecular weight excluding hydrogens is 270 g/mol. The molecule has 1 heterocycles. The van der Waals surface area contributed by atoms with Gasteiger partial charge in [0.1, 0.15) is 0 Å². The zero-order chi connectivity index (χ0) is 14.6. The number of nitrogens with two attached hydrogens (primary N) is 1. The van der Waals surface area contributed by atoms with Crippen molar-refractivity contribution in [3.63, 3.8) is 0 Å². The van der Waals surface area contributed by atoms with Gasteiger partial charge in [0.05, 0.1) is 5.54 Å². The third kappa shape index (κ3) is 3.54. The second-order valence-corrected chi connectivity index (χ2v) is 6.27. The fraction of sp³-hybridized carbons (Fsp3) is 0.467. The third-order valence-electron chi connectivity index (χ3n) is 3.56. The topological polar surface area (TPSA) is 67.5 Å². The lowest BCUT2D eigenvalue weighted by atomic mass is 9.89. The lowest BCUT2D eigenvalue weighted by Crippen LogP contribution is -2.29. The Balaban J connectivity index is 2.17. The molecule has 5 heteroatoms. The van der Waals surface area contributed by atoms with E-state index < -0.39 is 0 Å². The number of rotatable bonds is 4. The van der Waals surface area contributed by atoms with Crippen LogP contribution in [0.5, 0.6) is 0 Å². The number of thioether (sulfide) groups is 1. The van der Waals surface area contributed by atoms with Gasteiger partial charge < -0.3 is 11.1 Å². The van der Waals surface area contributed by atoms with E-state index in [1.165, 1.54) is 0 Å². The normalized spacial score (nSPS) is 22.2. The van der Waals surface area contributed by atoms with E-state index in [4.69, 9.17) is 5.73 Å². The Morgan fingerprint density at radius 3 is 3.05 bits per heavy atom. The van der Waals surface area contributed by atoms with E-state index in [-0.39, 0.29) is 11.4 Å². The molecule has 2 rings (SSSR count). The first kappa shape index (κ1) is 14.9. The van der Waals surface area contributed by atoms with Crippen LogP contribution in [0.4, 0.5) is 0 Å². The summed E-state index contributed by atoms with van der Waals surface area (Å²) in [6.07, 6.45) is 1.48. The summed E-state index contributed by atoms with van der Waals surface area (Å²) in [7, 11) is 0. The highest BCUT2D eigenvalue weighted by Crippen LogP contribution is 2.35. The van der Waals surface area contributed by atoms with Gasteiger partial charge in [-0.2, -0.15) is 0 Å². The Hall–Kier alpha value is -1.49. The maximum absolute atomic E-state index is 11.3. The fourth-order valence-electron chi connectivity index (χ4n) is 2.24. The minimum atomic E-state index is -0.250. The number of carbonyl (C=O) groups is 1. The number of hydrogen-bond donors (Lipinski definition) is 2. The van der Waals surface area contributed by atoms with E-state index in [1.54, 1.807) is 11.8 Å². The zero-order valence-corrected chi connectivity index (χ0v) is 12.8. The van der Waals surface area contributed by atoms with Gasteiger partial charge in [0.15, 0.2) is 5.17 Å². The van der Waals surface area contributed by atoms with E-state index in [1.807, 2.05) is 19.1 Å². The van der Waals surface area contributed by atoms with E-state index in [0.29, 0.717) is 18.1 Å². The molecule has 0 radical (unpaired) electrons. The van der Waals surface area contributed by atoms with Crippen LogP contribution < -0.4 is 11.1 Å². The molecule has 4 nitrogen and oxygen atoms in total. The highest BCUT2D eigenvalue weighted by Gasteiger charge is 2.29. The molecule has 1 atom stereocenters. The van der Waals surface area contributed by atoms with Gasteiger partial charge in [-0.05, 0) is 24.5 Å². The molecule has 3 N–H and O–H groups in total. The number of nitrogens with zero attached hydrogens (tertiary/aromatic N) is 1. The van der Waals surface area contributed by atoms with E-state index in [9.17, 15) is 4.79 Å². The fourth-order valence-corrected chi connectivity index (χ4v) is 3.21. The molecule has 0 bridgehead atoms. The maximum Gasteiger partial charge on any atom is 0.219 e. The Kier molecular flexibility index (Phi) is 4.70. The van der Waals surface area contributed by atoms with Crippen LogP contribution in [0.25, 0.3) is 0 Å². The molecular formula is C15H21N3OS. The SMILES string of the molecule is CCC(=O)NCc1cccc(C2(C)CCSC(N)=N2)c1. The van der Waals surface area contributed by atoms with E-state index in [0.717, 1.165) is 23.3 Å². The number of amidine groups is 1. The Bertz CT molecular complexity index is 530. The average Bonchev–Trinajstić information content (AvgIpc) is 2.45. The van der Waals surface area contributed by atoms with E-state index in [2.05, 4.69) is 29.4 Å². The molecule has 0 fully saturated rings. The van der Waals surface area contributed by atoms with Crippen LogP contribution in [0.15, 0.2) is 29.3 Å². The van der Waals surface area contributed by atoms with Gasteiger partial charge in [-0.3, -0.25) is 9.79 Å². The van der Waals surface area contributed by atoms with Gasteiger partial charge in [0.2, 0.25) is 5.91 Å². The summed E-state index contributed by atoms with van der Waals surface area (Å²) in [5.41, 5.74) is 7.86. The van der Waals surface area contributed by atoms with Crippen LogP contribution in [0.1, 0.15) is 37.8 Å². The van der Waals surface area contributed by atoms with Crippen LogP contribution in [0, 0.1) is 0 Å². The molecule has 1 aromatic carbocycles. The van der Waals surface area contributed by atoms with Gasteiger partial charge in [0, 0.05) is 18.7 Å². The molecule has 1 aromatic rings. The van der Waals surface area contributed by atoms with Crippen molar-refractivity contribution in [1.82, 2.24) is 5.32 Å². The molecule has 0 aromatic heterocycles. The minimum absolute atomic E-state index is 0.0675. The Morgan fingerprint density at radius 2 is 2.35 bits per heavy atom. The monoisotopic (exact) mass is 291 g/mol. The van der Waals surface area contributed by atoms with Gasteiger partial charge in [-0.15, -0.1) is 0 Å². The van der Waals surface area contributed by atoms with Crippen molar-refractivity contribution >= 4 is 22.8 Å². The highest BCUT2D eigenvalue weighted by molar-refractivity contribution is 8.13. The molecule has 20 heavy (non-hydrogen) atoms. The smallest absolute Gasteiger partial charge is 0.219 e. The lowest BCUT2D eigenvalue weighted by molar-refractivity contribution is -0.120.